The summed E-state index contributed by atoms with van der Waals surface area (Å²) in [5.74, 6) is 0.776. The average Bonchev–Trinajstić information content (AvgIpc) is 2.51. The Morgan fingerprint density at radius 1 is 1.38 bits per heavy atom. The van der Waals surface area contributed by atoms with Crippen molar-refractivity contribution < 1.29 is 0 Å². The summed E-state index contributed by atoms with van der Waals surface area (Å²) in [6.45, 7) is 4.51. The van der Waals surface area contributed by atoms with E-state index >= 15 is 0 Å². The first kappa shape index (κ1) is 14.9. The van der Waals surface area contributed by atoms with Gasteiger partial charge >= 0.3 is 0 Å². The molecule has 112 valence electrons. The van der Waals surface area contributed by atoms with Gasteiger partial charge in [0.25, 0.3) is 0 Å². The summed E-state index contributed by atoms with van der Waals surface area (Å²) in [6.07, 6.45) is 4.53. The molecule has 1 atom stereocenters. The van der Waals surface area contributed by atoms with Crippen molar-refractivity contribution in [2.45, 2.75) is 19.4 Å². The van der Waals surface area contributed by atoms with Gasteiger partial charge in [0.15, 0.2) is 0 Å². The first-order valence-corrected chi connectivity index (χ1v) is 8.46. The smallest absolute Gasteiger partial charge is 0.0758 e. The third-order valence-corrected chi connectivity index (χ3v) is 4.98. The Bertz CT molecular complexity index is 612. The van der Waals surface area contributed by atoms with Gasteiger partial charge in [-0.15, -0.1) is 0 Å². The van der Waals surface area contributed by atoms with Crippen molar-refractivity contribution >= 4 is 26.8 Å². The Hall–Kier alpha value is -0.970. The van der Waals surface area contributed by atoms with Crippen LogP contribution >= 0.6 is 15.9 Å². The molecule has 1 aliphatic rings. The van der Waals surface area contributed by atoms with E-state index in [0.717, 1.165) is 29.0 Å². The highest BCUT2D eigenvalue weighted by Gasteiger charge is 2.20. The van der Waals surface area contributed by atoms with Crippen molar-refractivity contribution in [3.63, 3.8) is 0 Å². The Kier molecular flexibility index (Phi) is 4.88. The molecule has 21 heavy (non-hydrogen) atoms. The van der Waals surface area contributed by atoms with Gasteiger partial charge in [-0.05, 0) is 56.6 Å². The lowest BCUT2D eigenvalue weighted by molar-refractivity contribution is 0.167. The number of benzene rings is 1. The first-order chi connectivity index (χ1) is 10.3. The summed E-state index contributed by atoms with van der Waals surface area (Å²) in [7, 11) is 2.05. The van der Waals surface area contributed by atoms with Gasteiger partial charge in [0.05, 0.1) is 5.52 Å². The van der Waals surface area contributed by atoms with Crippen molar-refractivity contribution in [1.82, 2.24) is 15.2 Å². The van der Waals surface area contributed by atoms with Crippen LogP contribution in [0.2, 0.25) is 0 Å². The van der Waals surface area contributed by atoms with Crippen LogP contribution in [0.4, 0.5) is 0 Å². The van der Waals surface area contributed by atoms with E-state index in [4.69, 9.17) is 0 Å². The third kappa shape index (κ3) is 3.44. The van der Waals surface area contributed by atoms with E-state index < -0.39 is 0 Å². The van der Waals surface area contributed by atoms with E-state index in [1.165, 1.54) is 36.9 Å². The van der Waals surface area contributed by atoms with E-state index in [-0.39, 0.29) is 0 Å². The van der Waals surface area contributed by atoms with Gasteiger partial charge in [-0.3, -0.25) is 9.88 Å². The molecule has 0 saturated carbocycles. The molecular weight excluding hydrogens is 326 g/mol. The Morgan fingerprint density at radius 2 is 2.29 bits per heavy atom. The van der Waals surface area contributed by atoms with Gasteiger partial charge < -0.3 is 5.32 Å². The van der Waals surface area contributed by atoms with Crippen LogP contribution in [-0.2, 0) is 6.54 Å². The topological polar surface area (TPSA) is 28.2 Å². The SMILES string of the molecule is CNCC1CCCN(Cc2ccc(Br)c3cccnc23)C1. The van der Waals surface area contributed by atoms with Gasteiger partial charge in [0.2, 0.25) is 0 Å². The molecule has 1 aliphatic heterocycles. The molecule has 1 N–H and O–H groups in total. The number of pyridine rings is 1. The molecule has 3 nitrogen and oxygen atoms in total. The molecule has 1 saturated heterocycles. The quantitative estimate of drug-likeness (QED) is 0.918. The van der Waals surface area contributed by atoms with Crippen LogP contribution in [0, 0.1) is 5.92 Å². The molecule has 2 heterocycles. The predicted molar refractivity (Wildman–Crippen MR) is 91.4 cm³/mol. The first-order valence-electron chi connectivity index (χ1n) is 7.67. The zero-order valence-corrected chi connectivity index (χ0v) is 14.1. The number of fused-ring (bicyclic) bond motifs is 1. The Morgan fingerprint density at radius 3 is 3.14 bits per heavy atom. The highest BCUT2D eigenvalue weighted by molar-refractivity contribution is 9.10. The molecule has 0 aliphatic carbocycles. The van der Waals surface area contributed by atoms with Crippen LogP contribution in [0.3, 0.4) is 0 Å². The van der Waals surface area contributed by atoms with E-state index in [0.29, 0.717) is 0 Å². The third-order valence-electron chi connectivity index (χ3n) is 4.29. The summed E-state index contributed by atoms with van der Waals surface area (Å²) in [6, 6.07) is 8.49. The van der Waals surface area contributed by atoms with Crippen molar-refractivity contribution in [3.05, 3.63) is 40.5 Å². The van der Waals surface area contributed by atoms with Crippen LogP contribution in [0.25, 0.3) is 10.9 Å². The van der Waals surface area contributed by atoms with Gasteiger partial charge in [0, 0.05) is 29.1 Å². The molecular formula is C17H22BrN3. The van der Waals surface area contributed by atoms with E-state index in [1.54, 1.807) is 0 Å². The molecule has 1 fully saturated rings. The second-order valence-corrected chi connectivity index (χ2v) is 6.76. The van der Waals surface area contributed by atoms with Gasteiger partial charge in [-0.25, -0.2) is 0 Å². The lowest BCUT2D eigenvalue weighted by atomic mass is 9.97. The zero-order valence-electron chi connectivity index (χ0n) is 12.5. The molecule has 1 unspecified atom stereocenters. The van der Waals surface area contributed by atoms with Crippen molar-refractivity contribution in [1.29, 1.82) is 0 Å². The van der Waals surface area contributed by atoms with Crippen LogP contribution in [-0.4, -0.2) is 36.6 Å². The summed E-state index contributed by atoms with van der Waals surface area (Å²) in [4.78, 5) is 7.17. The Balaban J connectivity index is 1.80. The number of likely N-dealkylation sites (tertiary alicyclic amines) is 1. The molecule has 3 rings (SSSR count). The van der Waals surface area contributed by atoms with E-state index in [2.05, 4.69) is 49.3 Å². The number of rotatable bonds is 4. The monoisotopic (exact) mass is 347 g/mol. The number of nitrogens with one attached hydrogen (secondary N) is 1. The van der Waals surface area contributed by atoms with Crippen LogP contribution in [0.5, 0.6) is 0 Å². The molecule has 0 radical (unpaired) electrons. The maximum atomic E-state index is 4.59. The van der Waals surface area contributed by atoms with Crippen LogP contribution in [0.1, 0.15) is 18.4 Å². The van der Waals surface area contributed by atoms with E-state index in [1.807, 2.05) is 19.3 Å². The lowest BCUT2D eigenvalue weighted by Gasteiger charge is -2.32. The van der Waals surface area contributed by atoms with Crippen molar-refractivity contribution in [2.75, 3.05) is 26.7 Å². The normalized spacial score (nSPS) is 20.0. The largest absolute Gasteiger partial charge is 0.319 e. The summed E-state index contributed by atoms with van der Waals surface area (Å²) in [5.41, 5.74) is 2.46. The van der Waals surface area contributed by atoms with Crippen molar-refractivity contribution in [2.24, 2.45) is 5.92 Å². The highest BCUT2D eigenvalue weighted by atomic mass is 79.9. The average molecular weight is 348 g/mol. The standard InChI is InChI=1S/C17H22BrN3/c1-19-10-13-4-3-9-21(11-13)12-14-6-7-16(18)15-5-2-8-20-17(14)15/h2,5-8,13,19H,3-4,9-12H2,1H3. The van der Waals surface area contributed by atoms with Crippen LogP contribution in [0.15, 0.2) is 34.9 Å². The fourth-order valence-electron chi connectivity index (χ4n) is 3.32. The molecule has 0 amide bonds. The van der Waals surface area contributed by atoms with Gasteiger partial charge in [-0.2, -0.15) is 0 Å². The molecule has 0 bridgehead atoms. The highest BCUT2D eigenvalue weighted by Crippen LogP contribution is 2.27. The van der Waals surface area contributed by atoms with Crippen molar-refractivity contribution in [3.8, 4) is 0 Å². The number of nitrogens with zero attached hydrogens (tertiary/aromatic N) is 2. The molecule has 1 aromatic carbocycles. The molecule has 0 spiro atoms. The summed E-state index contributed by atoms with van der Waals surface area (Å²) >= 11 is 3.62. The number of hydrogen-bond acceptors (Lipinski definition) is 3. The van der Waals surface area contributed by atoms with Gasteiger partial charge in [-0.1, -0.05) is 28.1 Å². The molecule has 4 heteroatoms. The Labute approximate surface area is 134 Å². The molecule has 1 aromatic heterocycles. The maximum absolute atomic E-state index is 4.59. The summed E-state index contributed by atoms with van der Waals surface area (Å²) < 4.78 is 1.13. The number of aromatic nitrogens is 1. The minimum Gasteiger partial charge on any atom is -0.319 e. The lowest BCUT2D eigenvalue weighted by Crippen LogP contribution is -2.38. The maximum Gasteiger partial charge on any atom is 0.0758 e. The fraction of sp³-hybridized carbons (Fsp3) is 0.471. The van der Waals surface area contributed by atoms with Gasteiger partial charge in [0.1, 0.15) is 0 Å². The molecule has 2 aromatic rings. The minimum atomic E-state index is 0.776. The summed E-state index contributed by atoms with van der Waals surface area (Å²) in [5, 5.41) is 4.52. The number of piperidine rings is 1. The zero-order chi connectivity index (χ0) is 14.7. The second kappa shape index (κ2) is 6.86. The van der Waals surface area contributed by atoms with Crippen LogP contribution < -0.4 is 5.32 Å². The predicted octanol–water partition coefficient (Wildman–Crippen LogP) is 3.43. The fourth-order valence-corrected chi connectivity index (χ4v) is 3.77. The minimum absolute atomic E-state index is 0.776. The second-order valence-electron chi connectivity index (χ2n) is 5.91. The number of halogens is 1. The number of hydrogen-bond donors (Lipinski definition) is 1. The van der Waals surface area contributed by atoms with E-state index in [9.17, 15) is 0 Å².